The molecule has 0 saturated carbocycles. The van der Waals surface area contributed by atoms with Gasteiger partial charge in [-0.3, -0.25) is 0 Å². The normalized spacial score (nSPS) is 18.2. The zero-order valence-corrected chi connectivity index (χ0v) is 12.5. The van der Waals surface area contributed by atoms with E-state index in [4.69, 9.17) is 0 Å². The highest BCUT2D eigenvalue weighted by Crippen LogP contribution is 2.31. The lowest BCUT2D eigenvalue weighted by Crippen LogP contribution is -2.00. The maximum atomic E-state index is 2.30. The molecule has 0 amide bonds. The second-order valence-corrected chi connectivity index (χ2v) is 6.51. The minimum absolute atomic E-state index is 0.162. The van der Waals surface area contributed by atoms with Crippen LogP contribution in [0.1, 0.15) is 41.0 Å². The Hall–Kier alpha value is -0.690. The van der Waals surface area contributed by atoms with Gasteiger partial charge in [-0.15, -0.1) is 11.8 Å². The monoisotopic (exact) mass is 248 g/mol. The largest absolute Gasteiger partial charge is 0.126 e. The van der Waals surface area contributed by atoms with E-state index in [0.29, 0.717) is 0 Å². The van der Waals surface area contributed by atoms with E-state index in [1.165, 1.54) is 28.2 Å². The maximum absolute atomic E-state index is 2.30. The van der Waals surface area contributed by atoms with Crippen LogP contribution in [-0.4, -0.2) is 5.75 Å². The quantitative estimate of drug-likeness (QED) is 0.633. The van der Waals surface area contributed by atoms with Gasteiger partial charge < -0.3 is 0 Å². The molecule has 0 aromatic rings. The molecule has 0 fully saturated rings. The molecule has 94 valence electrons. The summed E-state index contributed by atoms with van der Waals surface area (Å²) in [5.74, 6) is 1.19. The molecule has 1 aliphatic carbocycles. The van der Waals surface area contributed by atoms with Crippen LogP contribution in [0.3, 0.4) is 0 Å². The van der Waals surface area contributed by atoms with Gasteiger partial charge in [0.2, 0.25) is 0 Å². The number of allylic oxidation sites excluding steroid dienone is 7. The number of thioether (sulfide) groups is 1. The van der Waals surface area contributed by atoms with Gasteiger partial charge in [-0.1, -0.05) is 56.7 Å². The van der Waals surface area contributed by atoms with E-state index < -0.39 is 0 Å². The van der Waals surface area contributed by atoms with Crippen molar-refractivity contribution in [3.8, 4) is 0 Å². The Kier molecular flexibility index (Phi) is 5.32. The van der Waals surface area contributed by atoms with Crippen molar-refractivity contribution in [1.82, 2.24) is 0 Å². The molecule has 1 heteroatoms. The van der Waals surface area contributed by atoms with Crippen LogP contribution in [-0.2, 0) is 0 Å². The first kappa shape index (κ1) is 14.4. The number of hydrogen-bond acceptors (Lipinski definition) is 1. The van der Waals surface area contributed by atoms with E-state index in [-0.39, 0.29) is 5.41 Å². The molecule has 0 nitrogen and oxygen atoms in total. The highest BCUT2D eigenvalue weighted by Gasteiger charge is 2.13. The third-order valence-electron chi connectivity index (χ3n) is 2.55. The molecule has 0 N–H and O–H groups in total. The molecule has 0 spiro atoms. The van der Waals surface area contributed by atoms with E-state index >= 15 is 0 Å². The average molecular weight is 248 g/mol. The molecule has 17 heavy (non-hydrogen) atoms. The third kappa shape index (κ3) is 4.99. The fraction of sp³-hybridized carbons (Fsp3) is 0.500. The van der Waals surface area contributed by atoms with Gasteiger partial charge in [-0.05, 0) is 31.6 Å². The minimum atomic E-state index is 0.162. The SMILES string of the molecule is CCCSC1=C(C=C(C)C)C=CC(C)(C)C=C1. The topological polar surface area (TPSA) is 0 Å². The van der Waals surface area contributed by atoms with Gasteiger partial charge in [-0.2, -0.15) is 0 Å². The first-order valence-corrected chi connectivity index (χ1v) is 7.33. The molecule has 1 aliphatic rings. The van der Waals surface area contributed by atoms with Crippen LogP contribution in [0.4, 0.5) is 0 Å². The van der Waals surface area contributed by atoms with Crippen LogP contribution in [0.25, 0.3) is 0 Å². The van der Waals surface area contributed by atoms with Gasteiger partial charge in [0, 0.05) is 10.3 Å². The van der Waals surface area contributed by atoms with Gasteiger partial charge in [0.1, 0.15) is 0 Å². The molecule has 0 saturated heterocycles. The maximum Gasteiger partial charge on any atom is 0.0141 e. The number of hydrogen-bond donors (Lipinski definition) is 0. The van der Waals surface area contributed by atoms with Crippen LogP contribution in [0, 0.1) is 5.41 Å². The van der Waals surface area contributed by atoms with Crippen LogP contribution >= 0.6 is 11.8 Å². The lowest BCUT2D eigenvalue weighted by Gasteiger charge is -2.12. The van der Waals surface area contributed by atoms with E-state index in [1.54, 1.807) is 0 Å². The second kappa shape index (κ2) is 6.30. The summed E-state index contributed by atoms with van der Waals surface area (Å²) in [6.45, 7) is 11.0. The Balaban J connectivity index is 3.06. The Morgan fingerprint density at radius 2 is 1.88 bits per heavy atom. The molecule has 0 bridgehead atoms. The summed E-state index contributed by atoms with van der Waals surface area (Å²) in [4.78, 5) is 1.40. The zero-order valence-electron chi connectivity index (χ0n) is 11.7. The Labute approximate surface area is 111 Å². The van der Waals surface area contributed by atoms with E-state index in [0.717, 1.165) is 0 Å². The molecule has 0 radical (unpaired) electrons. The van der Waals surface area contributed by atoms with Crippen molar-refractivity contribution in [1.29, 1.82) is 0 Å². The van der Waals surface area contributed by atoms with E-state index in [1.807, 2.05) is 11.8 Å². The predicted molar refractivity (Wildman–Crippen MR) is 81.3 cm³/mol. The Morgan fingerprint density at radius 1 is 1.24 bits per heavy atom. The first-order chi connectivity index (χ1) is 7.94. The molecule has 1 rings (SSSR count). The predicted octanol–water partition coefficient (Wildman–Crippen LogP) is 5.50. The molecular weight excluding hydrogens is 224 g/mol. The molecular formula is C16H24S. The zero-order chi connectivity index (χ0) is 12.9. The molecule has 0 atom stereocenters. The van der Waals surface area contributed by atoms with Crippen molar-refractivity contribution in [2.24, 2.45) is 5.41 Å². The highest BCUT2D eigenvalue weighted by atomic mass is 32.2. The van der Waals surface area contributed by atoms with Crippen LogP contribution in [0.15, 0.2) is 46.4 Å². The van der Waals surface area contributed by atoms with Gasteiger partial charge in [0.25, 0.3) is 0 Å². The third-order valence-corrected chi connectivity index (χ3v) is 3.84. The van der Waals surface area contributed by atoms with Crippen molar-refractivity contribution in [3.63, 3.8) is 0 Å². The summed E-state index contributed by atoms with van der Waals surface area (Å²) in [6, 6.07) is 0. The molecule has 0 aliphatic heterocycles. The van der Waals surface area contributed by atoms with E-state index in [9.17, 15) is 0 Å². The number of rotatable bonds is 4. The summed E-state index contributed by atoms with van der Waals surface area (Å²) in [5, 5.41) is 0. The molecule has 0 unspecified atom stereocenters. The van der Waals surface area contributed by atoms with Gasteiger partial charge in [-0.25, -0.2) is 0 Å². The van der Waals surface area contributed by atoms with Crippen LogP contribution in [0.2, 0.25) is 0 Å². The lowest BCUT2D eigenvalue weighted by molar-refractivity contribution is 0.627. The summed E-state index contributed by atoms with van der Waals surface area (Å²) in [6.07, 6.45) is 12.6. The van der Waals surface area contributed by atoms with Gasteiger partial charge >= 0.3 is 0 Å². The smallest absolute Gasteiger partial charge is 0.0141 e. The summed E-state index contributed by atoms with van der Waals surface area (Å²) in [5.41, 5.74) is 2.87. The fourth-order valence-corrected chi connectivity index (χ4v) is 2.48. The highest BCUT2D eigenvalue weighted by molar-refractivity contribution is 8.03. The standard InChI is InChI=1S/C16H24S/c1-6-11-17-15-8-10-16(4,5)9-7-14(15)12-13(2)3/h7-10,12H,6,11H2,1-5H3. The molecule has 0 heterocycles. The van der Waals surface area contributed by atoms with Crippen molar-refractivity contribution < 1.29 is 0 Å². The van der Waals surface area contributed by atoms with Crippen LogP contribution < -0.4 is 0 Å². The fourth-order valence-electron chi connectivity index (χ4n) is 1.60. The summed E-state index contributed by atoms with van der Waals surface area (Å²) < 4.78 is 0. The van der Waals surface area contributed by atoms with E-state index in [2.05, 4.69) is 65.0 Å². The molecule has 0 aromatic heterocycles. The first-order valence-electron chi connectivity index (χ1n) is 6.35. The second-order valence-electron chi connectivity index (χ2n) is 5.38. The summed E-state index contributed by atoms with van der Waals surface area (Å²) >= 11 is 1.96. The Bertz CT molecular complexity index is 374. The minimum Gasteiger partial charge on any atom is -0.126 e. The molecule has 0 aromatic carbocycles. The van der Waals surface area contributed by atoms with Crippen LogP contribution in [0.5, 0.6) is 0 Å². The van der Waals surface area contributed by atoms with Crippen molar-refractivity contribution in [2.75, 3.05) is 5.75 Å². The summed E-state index contributed by atoms with van der Waals surface area (Å²) in [7, 11) is 0. The van der Waals surface area contributed by atoms with Crippen molar-refractivity contribution in [2.45, 2.75) is 41.0 Å². The van der Waals surface area contributed by atoms with Crippen molar-refractivity contribution in [3.05, 3.63) is 46.4 Å². The average Bonchev–Trinajstić information content (AvgIpc) is 2.36. The lowest BCUT2D eigenvalue weighted by atomic mass is 9.93. The van der Waals surface area contributed by atoms with Crippen molar-refractivity contribution >= 4 is 11.8 Å². The van der Waals surface area contributed by atoms with Gasteiger partial charge in [0.15, 0.2) is 0 Å². The Morgan fingerprint density at radius 3 is 2.47 bits per heavy atom. The van der Waals surface area contributed by atoms with Gasteiger partial charge in [0.05, 0.1) is 0 Å².